The zero-order valence-corrected chi connectivity index (χ0v) is 9.65. The molecule has 17 heavy (non-hydrogen) atoms. The molecule has 0 radical (unpaired) electrons. The van der Waals surface area contributed by atoms with Gasteiger partial charge in [0.15, 0.2) is 0 Å². The number of halogens is 1. The standard InChI is InChI=1S/C11H10ClN3O2/c12-9-7-15(11(17)14-10(9)16)6-3-8-1-4-13-5-2-8/h1-2,4-5,7H,3,6H2,(H,14,16,17). The van der Waals surface area contributed by atoms with Crippen LogP contribution in [-0.2, 0) is 13.0 Å². The van der Waals surface area contributed by atoms with Crippen LogP contribution in [0.15, 0.2) is 40.3 Å². The Kier molecular flexibility index (Phi) is 3.39. The van der Waals surface area contributed by atoms with Gasteiger partial charge in [-0.3, -0.25) is 19.3 Å². The maximum Gasteiger partial charge on any atom is 0.328 e. The lowest BCUT2D eigenvalue weighted by Crippen LogP contribution is -2.30. The van der Waals surface area contributed by atoms with E-state index in [1.807, 2.05) is 12.1 Å². The Bertz CT molecular complexity index is 619. The average molecular weight is 252 g/mol. The van der Waals surface area contributed by atoms with Crippen molar-refractivity contribution >= 4 is 11.6 Å². The molecule has 0 aromatic carbocycles. The lowest BCUT2D eigenvalue weighted by Gasteiger charge is -2.04. The minimum Gasteiger partial charge on any atom is -0.299 e. The molecule has 0 atom stereocenters. The van der Waals surface area contributed by atoms with E-state index in [1.165, 1.54) is 10.8 Å². The Hall–Kier alpha value is -1.88. The molecule has 0 aliphatic heterocycles. The lowest BCUT2D eigenvalue weighted by molar-refractivity contribution is 0.645. The summed E-state index contributed by atoms with van der Waals surface area (Å²) in [5, 5.41) is 0.0133. The molecule has 2 aromatic rings. The first kappa shape index (κ1) is 11.6. The number of aryl methyl sites for hydroxylation is 2. The Morgan fingerprint density at radius 2 is 2.00 bits per heavy atom. The van der Waals surface area contributed by atoms with Crippen molar-refractivity contribution in [3.8, 4) is 0 Å². The van der Waals surface area contributed by atoms with Crippen LogP contribution < -0.4 is 11.2 Å². The molecule has 0 unspecified atom stereocenters. The summed E-state index contributed by atoms with van der Waals surface area (Å²) in [5.41, 5.74) is 0.0551. The second-order valence-electron chi connectivity index (χ2n) is 3.54. The molecule has 0 amide bonds. The molecular weight excluding hydrogens is 242 g/mol. The highest BCUT2D eigenvalue weighted by atomic mass is 35.5. The van der Waals surface area contributed by atoms with Gasteiger partial charge in [0.05, 0.1) is 0 Å². The van der Waals surface area contributed by atoms with E-state index in [4.69, 9.17) is 11.6 Å². The van der Waals surface area contributed by atoms with Crippen LogP contribution in [0.2, 0.25) is 5.02 Å². The van der Waals surface area contributed by atoms with Gasteiger partial charge in [-0.05, 0) is 24.1 Å². The van der Waals surface area contributed by atoms with Crippen molar-refractivity contribution in [1.82, 2.24) is 14.5 Å². The summed E-state index contributed by atoms with van der Waals surface area (Å²) in [4.78, 5) is 28.6. The predicted molar refractivity (Wildman–Crippen MR) is 64.3 cm³/mol. The van der Waals surface area contributed by atoms with Gasteiger partial charge in [-0.1, -0.05) is 11.6 Å². The first-order chi connectivity index (χ1) is 8.16. The van der Waals surface area contributed by atoms with Crippen LogP contribution in [0.5, 0.6) is 0 Å². The molecule has 2 aromatic heterocycles. The van der Waals surface area contributed by atoms with Crippen molar-refractivity contribution in [3.63, 3.8) is 0 Å². The average Bonchev–Trinajstić information content (AvgIpc) is 2.33. The fraction of sp³-hybridized carbons (Fsp3) is 0.182. The molecule has 6 heteroatoms. The summed E-state index contributed by atoms with van der Waals surface area (Å²) < 4.78 is 1.38. The number of pyridine rings is 1. The molecule has 0 bridgehead atoms. The Morgan fingerprint density at radius 1 is 1.29 bits per heavy atom. The van der Waals surface area contributed by atoms with Crippen molar-refractivity contribution in [2.75, 3.05) is 0 Å². The third-order valence-corrected chi connectivity index (χ3v) is 2.63. The fourth-order valence-corrected chi connectivity index (χ4v) is 1.61. The van der Waals surface area contributed by atoms with E-state index in [9.17, 15) is 9.59 Å². The molecule has 88 valence electrons. The fourth-order valence-electron chi connectivity index (χ4n) is 1.45. The van der Waals surface area contributed by atoms with Crippen LogP contribution in [0, 0.1) is 0 Å². The lowest BCUT2D eigenvalue weighted by atomic mass is 10.2. The molecule has 0 aliphatic rings. The zero-order valence-electron chi connectivity index (χ0n) is 8.89. The van der Waals surface area contributed by atoms with E-state index in [2.05, 4.69) is 9.97 Å². The van der Waals surface area contributed by atoms with Crippen LogP contribution in [0.25, 0.3) is 0 Å². The molecule has 0 aliphatic carbocycles. The summed E-state index contributed by atoms with van der Waals surface area (Å²) in [6.07, 6.45) is 5.41. The van der Waals surface area contributed by atoms with Crippen molar-refractivity contribution in [2.24, 2.45) is 0 Å². The summed E-state index contributed by atoms with van der Waals surface area (Å²) in [7, 11) is 0. The van der Waals surface area contributed by atoms with Crippen molar-refractivity contribution in [3.05, 3.63) is 62.1 Å². The molecule has 5 nitrogen and oxygen atoms in total. The number of hydrogen-bond donors (Lipinski definition) is 1. The van der Waals surface area contributed by atoms with Gasteiger partial charge in [0.2, 0.25) is 0 Å². The van der Waals surface area contributed by atoms with Gasteiger partial charge in [-0.2, -0.15) is 0 Å². The first-order valence-electron chi connectivity index (χ1n) is 5.05. The van der Waals surface area contributed by atoms with Gasteiger partial charge in [-0.15, -0.1) is 0 Å². The summed E-state index contributed by atoms with van der Waals surface area (Å²) in [6.45, 7) is 0.458. The minimum absolute atomic E-state index is 0.0133. The SMILES string of the molecule is O=c1[nH]c(=O)n(CCc2ccncc2)cc1Cl. The smallest absolute Gasteiger partial charge is 0.299 e. The quantitative estimate of drug-likeness (QED) is 0.879. The second kappa shape index (κ2) is 4.97. The largest absolute Gasteiger partial charge is 0.328 e. The molecule has 1 N–H and O–H groups in total. The maximum atomic E-state index is 11.4. The Balaban J connectivity index is 2.18. The second-order valence-corrected chi connectivity index (χ2v) is 3.94. The summed E-state index contributed by atoms with van der Waals surface area (Å²) >= 11 is 5.65. The summed E-state index contributed by atoms with van der Waals surface area (Å²) in [5.74, 6) is 0. The van der Waals surface area contributed by atoms with Gasteiger partial charge < -0.3 is 0 Å². The molecule has 0 saturated carbocycles. The Labute approximate surface area is 102 Å². The van der Waals surface area contributed by atoms with E-state index >= 15 is 0 Å². The number of aromatic amines is 1. The highest BCUT2D eigenvalue weighted by molar-refractivity contribution is 6.30. The molecular formula is C11H10ClN3O2. The highest BCUT2D eigenvalue weighted by Crippen LogP contribution is 2.00. The number of nitrogens with zero attached hydrogens (tertiary/aromatic N) is 2. The van der Waals surface area contributed by atoms with E-state index in [0.29, 0.717) is 13.0 Å². The van der Waals surface area contributed by atoms with E-state index < -0.39 is 11.2 Å². The number of rotatable bonds is 3. The predicted octanol–water partition coefficient (Wildman–Crippen LogP) is 0.828. The zero-order chi connectivity index (χ0) is 12.3. The van der Waals surface area contributed by atoms with Crippen LogP contribution in [-0.4, -0.2) is 14.5 Å². The maximum absolute atomic E-state index is 11.4. The number of hydrogen-bond acceptors (Lipinski definition) is 3. The molecule has 0 saturated heterocycles. The number of nitrogens with one attached hydrogen (secondary N) is 1. The topological polar surface area (TPSA) is 67.8 Å². The van der Waals surface area contributed by atoms with Crippen molar-refractivity contribution in [1.29, 1.82) is 0 Å². The molecule has 0 spiro atoms. The third-order valence-electron chi connectivity index (χ3n) is 2.36. The van der Waals surface area contributed by atoms with Gasteiger partial charge >= 0.3 is 5.69 Å². The van der Waals surface area contributed by atoms with Gasteiger partial charge in [0.1, 0.15) is 5.02 Å². The number of aromatic nitrogens is 3. The first-order valence-corrected chi connectivity index (χ1v) is 5.43. The highest BCUT2D eigenvalue weighted by Gasteiger charge is 2.02. The number of H-pyrrole nitrogens is 1. The third kappa shape index (κ3) is 2.82. The monoisotopic (exact) mass is 251 g/mol. The van der Waals surface area contributed by atoms with Crippen LogP contribution in [0.1, 0.15) is 5.56 Å². The normalized spacial score (nSPS) is 10.4. The molecule has 0 fully saturated rings. The minimum atomic E-state index is -0.558. The van der Waals surface area contributed by atoms with Crippen LogP contribution >= 0.6 is 11.6 Å². The molecule has 2 heterocycles. The van der Waals surface area contributed by atoms with E-state index in [0.717, 1.165) is 5.56 Å². The Morgan fingerprint density at radius 3 is 2.71 bits per heavy atom. The van der Waals surface area contributed by atoms with E-state index in [1.54, 1.807) is 12.4 Å². The van der Waals surface area contributed by atoms with E-state index in [-0.39, 0.29) is 5.02 Å². The van der Waals surface area contributed by atoms with Gasteiger partial charge in [0.25, 0.3) is 5.56 Å². The van der Waals surface area contributed by atoms with Crippen molar-refractivity contribution < 1.29 is 0 Å². The summed E-state index contributed by atoms with van der Waals surface area (Å²) in [6, 6.07) is 3.75. The van der Waals surface area contributed by atoms with Crippen LogP contribution in [0.3, 0.4) is 0 Å². The van der Waals surface area contributed by atoms with Gasteiger partial charge in [0, 0.05) is 25.1 Å². The van der Waals surface area contributed by atoms with Gasteiger partial charge in [-0.25, -0.2) is 4.79 Å². The molecule has 2 rings (SSSR count). The van der Waals surface area contributed by atoms with Crippen molar-refractivity contribution in [2.45, 2.75) is 13.0 Å². The van der Waals surface area contributed by atoms with Crippen LogP contribution in [0.4, 0.5) is 0 Å².